The molecule has 1 N–H and O–H groups in total. The van der Waals surface area contributed by atoms with E-state index >= 15 is 0 Å². The number of nitrogens with zero attached hydrogens (tertiary/aromatic N) is 2. The van der Waals surface area contributed by atoms with Crippen LogP contribution in [0.5, 0.6) is 5.75 Å². The van der Waals surface area contributed by atoms with Crippen molar-refractivity contribution in [3.63, 3.8) is 0 Å². The van der Waals surface area contributed by atoms with E-state index in [0.29, 0.717) is 24.2 Å². The summed E-state index contributed by atoms with van der Waals surface area (Å²) in [6, 6.07) is 7.73. The third-order valence-corrected chi connectivity index (χ3v) is 2.98. The van der Waals surface area contributed by atoms with Gasteiger partial charge in [-0.05, 0) is 19.1 Å². The average molecular weight is 245 g/mol. The van der Waals surface area contributed by atoms with Crippen LogP contribution in [-0.4, -0.2) is 29.8 Å². The number of hydrogen-bond donors (Lipinski definition) is 1. The minimum Gasteiger partial charge on any atom is -0.494 e. The van der Waals surface area contributed by atoms with Crippen LogP contribution in [0.4, 0.5) is 0 Å². The second kappa shape index (κ2) is 4.78. The summed E-state index contributed by atoms with van der Waals surface area (Å²) in [7, 11) is 0. The molecule has 0 saturated carbocycles. The van der Waals surface area contributed by atoms with Crippen LogP contribution in [0.1, 0.15) is 18.7 Å². The molecular weight excluding hydrogens is 230 g/mol. The van der Waals surface area contributed by atoms with Gasteiger partial charge in [-0.2, -0.15) is 4.98 Å². The Morgan fingerprint density at radius 2 is 2.33 bits per heavy atom. The van der Waals surface area contributed by atoms with E-state index in [2.05, 4.69) is 15.5 Å². The Hall–Kier alpha value is -1.88. The van der Waals surface area contributed by atoms with Crippen LogP contribution >= 0.6 is 0 Å². The largest absolute Gasteiger partial charge is 0.494 e. The Morgan fingerprint density at radius 3 is 3.06 bits per heavy atom. The van der Waals surface area contributed by atoms with E-state index < -0.39 is 0 Å². The molecule has 0 aliphatic carbocycles. The van der Waals surface area contributed by atoms with Gasteiger partial charge in [-0.1, -0.05) is 17.3 Å². The Bertz CT molecular complexity index is 535. The summed E-state index contributed by atoms with van der Waals surface area (Å²) in [6.45, 7) is 4.44. The number of benzene rings is 1. The summed E-state index contributed by atoms with van der Waals surface area (Å²) in [4.78, 5) is 4.43. The second-order valence-electron chi connectivity index (χ2n) is 4.27. The summed E-state index contributed by atoms with van der Waals surface area (Å²) in [5.74, 6) is 2.53. The predicted octanol–water partition coefficient (Wildman–Crippen LogP) is 1.82. The lowest BCUT2D eigenvalue weighted by atomic mass is 10.0. The molecule has 1 saturated heterocycles. The van der Waals surface area contributed by atoms with Gasteiger partial charge in [-0.15, -0.1) is 0 Å². The van der Waals surface area contributed by atoms with Gasteiger partial charge >= 0.3 is 0 Å². The molecule has 0 bridgehead atoms. The van der Waals surface area contributed by atoms with Crippen molar-refractivity contribution in [3.05, 3.63) is 30.2 Å². The number of ether oxygens (including phenoxy) is 1. The standard InChI is InChI=1S/C13H15N3O2/c1-2-17-11-5-3-4-9(6-11)12-15-13(18-16-12)10-7-14-8-10/h3-6,10,14H,2,7-8H2,1H3. The van der Waals surface area contributed by atoms with Gasteiger partial charge in [0.15, 0.2) is 0 Å². The average Bonchev–Trinajstić information content (AvgIpc) is 2.77. The van der Waals surface area contributed by atoms with E-state index in [0.717, 1.165) is 24.4 Å². The minimum atomic E-state index is 0.362. The summed E-state index contributed by atoms with van der Waals surface area (Å²) in [5.41, 5.74) is 0.920. The highest BCUT2D eigenvalue weighted by atomic mass is 16.5. The molecule has 1 aromatic carbocycles. The number of aromatic nitrogens is 2. The predicted molar refractivity (Wildman–Crippen MR) is 66.5 cm³/mol. The molecule has 18 heavy (non-hydrogen) atoms. The fraction of sp³-hybridized carbons (Fsp3) is 0.385. The fourth-order valence-corrected chi connectivity index (χ4v) is 1.87. The van der Waals surface area contributed by atoms with Crippen LogP contribution in [0.25, 0.3) is 11.4 Å². The molecule has 5 heteroatoms. The van der Waals surface area contributed by atoms with Gasteiger partial charge in [0.25, 0.3) is 0 Å². The van der Waals surface area contributed by atoms with Crippen LogP contribution in [0.3, 0.4) is 0 Å². The fourth-order valence-electron chi connectivity index (χ4n) is 1.87. The molecule has 1 aliphatic heterocycles. The Balaban J connectivity index is 1.84. The maximum Gasteiger partial charge on any atom is 0.232 e. The molecule has 94 valence electrons. The minimum absolute atomic E-state index is 0.362. The van der Waals surface area contributed by atoms with Crippen LogP contribution in [-0.2, 0) is 0 Å². The molecule has 0 spiro atoms. The molecular formula is C13H15N3O2. The Kier molecular flexibility index (Phi) is 2.98. The quantitative estimate of drug-likeness (QED) is 0.890. The first-order chi connectivity index (χ1) is 8.86. The normalized spacial score (nSPS) is 15.4. The SMILES string of the molecule is CCOc1cccc(-c2noc(C3CNC3)n2)c1. The van der Waals surface area contributed by atoms with E-state index in [-0.39, 0.29) is 0 Å². The smallest absolute Gasteiger partial charge is 0.232 e. The lowest BCUT2D eigenvalue weighted by molar-refractivity contribution is 0.308. The van der Waals surface area contributed by atoms with Crippen molar-refractivity contribution in [1.82, 2.24) is 15.5 Å². The van der Waals surface area contributed by atoms with Crippen molar-refractivity contribution in [3.8, 4) is 17.1 Å². The van der Waals surface area contributed by atoms with Crippen molar-refractivity contribution in [2.75, 3.05) is 19.7 Å². The van der Waals surface area contributed by atoms with Crippen LogP contribution < -0.4 is 10.1 Å². The van der Waals surface area contributed by atoms with Gasteiger partial charge in [0.05, 0.1) is 12.5 Å². The molecule has 1 fully saturated rings. The van der Waals surface area contributed by atoms with Crippen molar-refractivity contribution in [1.29, 1.82) is 0 Å². The molecule has 2 heterocycles. The van der Waals surface area contributed by atoms with Gasteiger partial charge in [-0.25, -0.2) is 0 Å². The zero-order valence-corrected chi connectivity index (χ0v) is 10.2. The van der Waals surface area contributed by atoms with E-state index in [1.54, 1.807) is 0 Å². The van der Waals surface area contributed by atoms with Gasteiger partial charge in [-0.3, -0.25) is 0 Å². The summed E-state index contributed by atoms with van der Waals surface area (Å²) >= 11 is 0. The number of hydrogen-bond acceptors (Lipinski definition) is 5. The highest BCUT2D eigenvalue weighted by Crippen LogP contribution is 2.24. The maximum atomic E-state index is 5.46. The second-order valence-corrected chi connectivity index (χ2v) is 4.27. The molecule has 0 radical (unpaired) electrons. The molecule has 2 aromatic rings. The Morgan fingerprint density at radius 1 is 1.44 bits per heavy atom. The zero-order valence-electron chi connectivity index (χ0n) is 10.2. The van der Waals surface area contributed by atoms with Gasteiger partial charge in [0, 0.05) is 18.7 Å². The third kappa shape index (κ3) is 2.09. The zero-order chi connectivity index (χ0) is 12.4. The van der Waals surface area contributed by atoms with Gasteiger partial charge < -0.3 is 14.6 Å². The molecule has 5 nitrogen and oxygen atoms in total. The molecule has 3 rings (SSSR count). The topological polar surface area (TPSA) is 60.2 Å². The first kappa shape index (κ1) is 11.2. The molecule has 0 unspecified atom stereocenters. The van der Waals surface area contributed by atoms with Crippen LogP contribution in [0.15, 0.2) is 28.8 Å². The monoisotopic (exact) mass is 245 g/mol. The molecule has 1 aromatic heterocycles. The summed E-state index contributed by atoms with van der Waals surface area (Å²) in [6.07, 6.45) is 0. The lowest BCUT2D eigenvalue weighted by Gasteiger charge is -2.22. The summed E-state index contributed by atoms with van der Waals surface area (Å²) in [5, 5.41) is 7.21. The molecule has 0 amide bonds. The first-order valence-corrected chi connectivity index (χ1v) is 6.14. The highest BCUT2D eigenvalue weighted by molar-refractivity contribution is 5.56. The van der Waals surface area contributed by atoms with E-state index in [9.17, 15) is 0 Å². The lowest BCUT2D eigenvalue weighted by Crippen LogP contribution is -2.40. The maximum absolute atomic E-state index is 5.46. The van der Waals surface area contributed by atoms with Crippen molar-refractivity contribution in [2.45, 2.75) is 12.8 Å². The van der Waals surface area contributed by atoms with Gasteiger partial charge in [0.1, 0.15) is 5.75 Å². The van der Waals surface area contributed by atoms with Crippen molar-refractivity contribution >= 4 is 0 Å². The van der Waals surface area contributed by atoms with Crippen molar-refractivity contribution in [2.24, 2.45) is 0 Å². The first-order valence-electron chi connectivity index (χ1n) is 6.14. The number of nitrogens with one attached hydrogen (secondary N) is 1. The molecule has 0 atom stereocenters. The van der Waals surface area contributed by atoms with E-state index in [4.69, 9.17) is 9.26 Å². The van der Waals surface area contributed by atoms with Crippen LogP contribution in [0.2, 0.25) is 0 Å². The van der Waals surface area contributed by atoms with Crippen molar-refractivity contribution < 1.29 is 9.26 Å². The van der Waals surface area contributed by atoms with E-state index in [1.807, 2.05) is 31.2 Å². The molecule has 1 aliphatic rings. The van der Waals surface area contributed by atoms with E-state index in [1.165, 1.54) is 0 Å². The third-order valence-electron chi connectivity index (χ3n) is 2.98. The Labute approximate surface area is 105 Å². The summed E-state index contributed by atoms with van der Waals surface area (Å²) < 4.78 is 10.7. The van der Waals surface area contributed by atoms with Gasteiger partial charge in [0.2, 0.25) is 11.7 Å². The van der Waals surface area contributed by atoms with Crippen LogP contribution in [0, 0.1) is 0 Å². The highest BCUT2D eigenvalue weighted by Gasteiger charge is 2.25. The number of rotatable bonds is 4.